The molecule has 2 rings (SSSR count). The van der Waals surface area contributed by atoms with Crippen molar-refractivity contribution < 1.29 is 13.5 Å². The van der Waals surface area contributed by atoms with E-state index in [0.29, 0.717) is 17.9 Å². The molecule has 1 aromatic carbocycles. The van der Waals surface area contributed by atoms with Gasteiger partial charge in [-0.25, -0.2) is 4.39 Å². The van der Waals surface area contributed by atoms with E-state index in [2.05, 4.69) is 5.32 Å². The first-order valence-electron chi connectivity index (χ1n) is 5.81. The topological polar surface area (TPSA) is 34.4 Å². The quantitative estimate of drug-likeness (QED) is 0.884. The van der Waals surface area contributed by atoms with Gasteiger partial charge in [0.25, 0.3) is 0 Å². The number of ether oxygens (including phenoxy) is 1. The van der Waals surface area contributed by atoms with Crippen LogP contribution in [0.5, 0.6) is 5.75 Å². The third-order valence-corrected chi connectivity index (χ3v) is 2.59. The van der Waals surface area contributed by atoms with Gasteiger partial charge in [0, 0.05) is 0 Å². The summed E-state index contributed by atoms with van der Waals surface area (Å²) in [7, 11) is 1.85. The van der Waals surface area contributed by atoms with Crippen LogP contribution in [0.1, 0.15) is 17.1 Å². The molecule has 0 bridgehead atoms. The molecule has 1 aromatic heterocycles. The average Bonchev–Trinajstić information content (AvgIpc) is 2.79. The lowest BCUT2D eigenvalue weighted by atomic mass is 10.2. The van der Waals surface area contributed by atoms with Gasteiger partial charge in [-0.05, 0) is 37.7 Å². The minimum Gasteiger partial charge on any atom is -0.483 e. The van der Waals surface area contributed by atoms with E-state index >= 15 is 0 Å². The Morgan fingerprint density at radius 2 is 2.00 bits per heavy atom. The van der Waals surface area contributed by atoms with Crippen LogP contribution in [0, 0.1) is 12.7 Å². The zero-order chi connectivity index (χ0) is 13.0. The number of benzene rings is 1. The minimum atomic E-state index is -0.320. The highest BCUT2D eigenvalue weighted by atomic mass is 19.1. The average molecular weight is 249 g/mol. The predicted molar refractivity (Wildman–Crippen MR) is 66.9 cm³/mol. The Hall–Kier alpha value is -1.81. The predicted octanol–water partition coefficient (Wildman–Crippen LogP) is 3.03. The summed E-state index contributed by atoms with van der Waals surface area (Å²) in [6.07, 6.45) is 0. The lowest BCUT2D eigenvalue weighted by molar-refractivity contribution is 0.254. The normalized spacial score (nSPS) is 10.6. The molecule has 18 heavy (non-hydrogen) atoms. The SMILES string of the molecule is CNCc1ccc(COc2cccc(C)c2F)o1. The Balaban J connectivity index is 2.00. The second-order valence-corrected chi connectivity index (χ2v) is 4.07. The van der Waals surface area contributed by atoms with Gasteiger partial charge in [-0.15, -0.1) is 0 Å². The Morgan fingerprint density at radius 3 is 2.78 bits per heavy atom. The Kier molecular flexibility index (Phi) is 3.99. The van der Waals surface area contributed by atoms with E-state index < -0.39 is 0 Å². The van der Waals surface area contributed by atoms with Crippen LogP contribution in [0.2, 0.25) is 0 Å². The second-order valence-electron chi connectivity index (χ2n) is 4.07. The number of hydrogen-bond acceptors (Lipinski definition) is 3. The molecule has 4 heteroatoms. The molecule has 0 saturated carbocycles. The maximum absolute atomic E-state index is 13.7. The van der Waals surface area contributed by atoms with Crippen molar-refractivity contribution in [2.24, 2.45) is 0 Å². The standard InChI is InChI=1S/C14H16FNO2/c1-10-4-3-5-13(14(10)15)17-9-12-7-6-11(18-12)8-16-2/h3-7,16H,8-9H2,1-2H3. The first-order valence-corrected chi connectivity index (χ1v) is 5.81. The van der Waals surface area contributed by atoms with Gasteiger partial charge >= 0.3 is 0 Å². The molecule has 1 heterocycles. The van der Waals surface area contributed by atoms with Crippen LogP contribution in [-0.2, 0) is 13.2 Å². The van der Waals surface area contributed by atoms with Crippen molar-refractivity contribution in [3.05, 3.63) is 53.2 Å². The van der Waals surface area contributed by atoms with Gasteiger partial charge in [-0.2, -0.15) is 0 Å². The number of halogens is 1. The highest BCUT2D eigenvalue weighted by Gasteiger charge is 2.07. The molecule has 96 valence electrons. The number of aryl methyl sites for hydroxylation is 1. The molecule has 0 fully saturated rings. The monoisotopic (exact) mass is 249 g/mol. The third-order valence-electron chi connectivity index (χ3n) is 2.59. The van der Waals surface area contributed by atoms with Gasteiger partial charge in [-0.1, -0.05) is 12.1 Å². The zero-order valence-electron chi connectivity index (χ0n) is 10.5. The van der Waals surface area contributed by atoms with Crippen molar-refractivity contribution in [3.63, 3.8) is 0 Å². The number of rotatable bonds is 5. The first kappa shape index (κ1) is 12.6. The van der Waals surface area contributed by atoms with Crippen LogP contribution in [0.4, 0.5) is 4.39 Å². The van der Waals surface area contributed by atoms with E-state index in [1.54, 1.807) is 25.1 Å². The second kappa shape index (κ2) is 5.69. The summed E-state index contributed by atoms with van der Waals surface area (Å²) in [5.41, 5.74) is 0.572. The zero-order valence-corrected chi connectivity index (χ0v) is 10.5. The molecule has 0 amide bonds. The Bertz CT molecular complexity index is 522. The number of furan rings is 1. The summed E-state index contributed by atoms with van der Waals surface area (Å²) < 4.78 is 24.6. The molecular weight excluding hydrogens is 233 g/mol. The van der Waals surface area contributed by atoms with Gasteiger partial charge in [0.1, 0.15) is 18.1 Å². The summed E-state index contributed by atoms with van der Waals surface area (Å²) in [4.78, 5) is 0. The maximum Gasteiger partial charge on any atom is 0.167 e. The van der Waals surface area contributed by atoms with E-state index in [4.69, 9.17) is 9.15 Å². The van der Waals surface area contributed by atoms with E-state index in [0.717, 1.165) is 5.76 Å². The molecule has 3 nitrogen and oxygen atoms in total. The summed E-state index contributed by atoms with van der Waals surface area (Å²) in [5, 5.41) is 2.99. The molecule has 0 aliphatic carbocycles. The summed E-state index contributed by atoms with van der Waals surface area (Å²) in [5.74, 6) is 1.45. The van der Waals surface area contributed by atoms with Crippen LogP contribution in [0.3, 0.4) is 0 Å². The molecule has 0 spiro atoms. The number of hydrogen-bond donors (Lipinski definition) is 1. The first-order chi connectivity index (χ1) is 8.70. The molecule has 0 aliphatic rings. The van der Waals surface area contributed by atoms with E-state index in [9.17, 15) is 4.39 Å². The summed E-state index contributed by atoms with van der Waals surface area (Å²) >= 11 is 0. The highest BCUT2D eigenvalue weighted by Crippen LogP contribution is 2.21. The van der Waals surface area contributed by atoms with Crippen molar-refractivity contribution in [3.8, 4) is 5.75 Å². The molecule has 0 radical (unpaired) electrons. The van der Waals surface area contributed by atoms with Crippen molar-refractivity contribution in [1.29, 1.82) is 0 Å². The Morgan fingerprint density at radius 1 is 1.22 bits per heavy atom. The molecule has 1 N–H and O–H groups in total. The molecule has 0 unspecified atom stereocenters. The fourth-order valence-corrected chi connectivity index (χ4v) is 1.65. The Labute approximate surface area is 106 Å². The van der Waals surface area contributed by atoms with Crippen molar-refractivity contribution in [2.75, 3.05) is 7.05 Å². The van der Waals surface area contributed by atoms with E-state index in [1.807, 2.05) is 19.2 Å². The fourth-order valence-electron chi connectivity index (χ4n) is 1.65. The van der Waals surface area contributed by atoms with Crippen LogP contribution in [0.15, 0.2) is 34.7 Å². The lowest BCUT2D eigenvalue weighted by Crippen LogP contribution is -2.03. The fraction of sp³-hybridized carbons (Fsp3) is 0.286. The molecule has 0 atom stereocenters. The minimum absolute atomic E-state index is 0.226. The van der Waals surface area contributed by atoms with Crippen molar-refractivity contribution in [1.82, 2.24) is 5.32 Å². The molecular formula is C14H16FNO2. The summed E-state index contributed by atoms with van der Waals surface area (Å²) in [6, 6.07) is 8.80. The van der Waals surface area contributed by atoms with Gasteiger partial charge in [0.05, 0.1) is 6.54 Å². The molecule has 2 aromatic rings. The largest absolute Gasteiger partial charge is 0.483 e. The third kappa shape index (κ3) is 2.90. The van der Waals surface area contributed by atoms with E-state index in [-0.39, 0.29) is 18.2 Å². The van der Waals surface area contributed by atoms with Crippen molar-refractivity contribution >= 4 is 0 Å². The van der Waals surface area contributed by atoms with Crippen LogP contribution in [0.25, 0.3) is 0 Å². The van der Waals surface area contributed by atoms with E-state index in [1.165, 1.54) is 0 Å². The van der Waals surface area contributed by atoms with Crippen molar-refractivity contribution in [2.45, 2.75) is 20.1 Å². The molecule has 0 aliphatic heterocycles. The van der Waals surface area contributed by atoms with Crippen LogP contribution >= 0.6 is 0 Å². The van der Waals surface area contributed by atoms with Crippen LogP contribution < -0.4 is 10.1 Å². The number of nitrogens with one attached hydrogen (secondary N) is 1. The molecule has 0 saturated heterocycles. The smallest absolute Gasteiger partial charge is 0.167 e. The highest BCUT2D eigenvalue weighted by molar-refractivity contribution is 5.30. The van der Waals surface area contributed by atoms with Crippen LogP contribution in [-0.4, -0.2) is 7.05 Å². The summed E-state index contributed by atoms with van der Waals surface area (Å²) in [6.45, 7) is 2.60. The van der Waals surface area contributed by atoms with Gasteiger partial charge in [0.2, 0.25) is 0 Å². The lowest BCUT2D eigenvalue weighted by Gasteiger charge is -2.06. The van der Waals surface area contributed by atoms with Gasteiger partial charge in [-0.3, -0.25) is 0 Å². The van der Waals surface area contributed by atoms with Gasteiger partial charge in [0.15, 0.2) is 11.6 Å². The van der Waals surface area contributed by atoms with Gasteiger partial charge < -0.3 is 14.5 Å². The maximum atomic E-state index is 13.7.